The van der Waals surface area contributed by atoms with E-state index in [2.05, 4.69) is 32.1 Å². The van der Waals surface area contributed by atoms with E-state index in [-0.39, 0.29) is 5.82 Å². The second kappa shape index (κ2) is 9.54. The number of halogens is 1. The summed E-state index contributed by atoms with van der Waals surface area (Å²) in [7, 11) is 1.65. The minimum atomic E-state index is -0.0195. The van der Waals surface area contributed by atoms with Crippen LogP contribution in [0.15, 0.2) is 42.5 Å². The van der Waals surface area contributed by atoms with Crippen LogP contribution in [0, 0.1) is 29.5 Å². The number of allylic oxidation sites excluding steroid dienone is 2. The molecule has 0 spiro atoms. The quantitative estimate of drug-likeness (QED) is 0.452. The van der Waals surface area contributed by atoms with Crippen molar-refractivity contribution >= 4 is 10.8 Å². The van der Waals surface area contributed by atoms with Gasteiger partial charge in [-0.25, -0.2) is 4.39 Å². The highest BCUT2D eigenvalue weighted by atomic mass is 19.1. The van der Waals surface area contributed by atoms with Gasteiger partial charge in [0, 0.05) is 5.39 Å². The molecule has 30 heavy (non-hydrogen) atoms. The molecule has 0 radical (unpaired) electrons. The van der Waals surface area contributed by atoms with Gasteiger partial charge in [0.2, 0.25) is 0 Å². The molecule has 2 aromatic rings. The van der Waals surface area contributed by atoms with Gasteiger partial charge in [0.1, 0.15) is 11.6 Å². The zero-order valence-electron chi connectivity index (χ0n) is 18.9. The Morgan fingerprint density at radius 2 is 1.60 bits per heavy atom. The summed E-state index contributed by atoms with van der Waals surface area (Å²) in [5, 5.41) is 1.65. The predicted molar refractivity (Wildman–Crippen MR) is 125 cm³/mol. The first-order valence-corrected chi connectivity index (χ1v) is 12.0. The highest BCUT2D eigenvalue weighted by Crippen LogP contribution is 2.45. The second-order valence-electron chi connectivity index (χ2n) is 9.73. The molecule has 0 amide bonds. The molecule has 1 nitrogen and oxygen atoms in total. The van der Waals surface area contributed by atoms with Crippen molar-refractivity contribution in [3.63, 3.8) is 0 Å². The number of fused-ring (bicyclic) bond motifs is 1. The fraction of sp³-hybridized carbons (Fsp3) is 0.571. The van der Waals surface area contributed by atoms with E-state index in [1.54, 1.807) is 7.11 Å². The monoisotopic (exact) mass is 408 g/mol. The van der Waals surface area contributed by atoms with Gasteiger partial charge in [-0.1, -0.05) is 31.2 Å². The molecular weight excluding hydrogens is 371 g/mol. The fourth-order valence-corrected chi connectivity index (χ4v) is 6.21. The number of methoxy groups -OCH3 is 1. The highest BCUT2D eigenvalue weighted by Gasteiger charge is 2.33. The molecule has 2 heteroatoms. The van der Waals surface area contributed by atoms with Gasteiger partial charge in [-0.15, -0.1) is 0 Å². The van der Waals surface area contributed by atoms with Crippen molar-refractivity contribution in [1.29, 1.82) is 0 Å². The van der Waals surface area contributed by atoms with E-state index < -0.39 is 0 Å². The summed E-state index contributed by atoms with van der Waals surface area (Å²) in [6.45, 7) is 4.64. The molecule has 2 fully saturated rings. The number of rotatable bonds is 5. The molecule has 0 heterocycles. The van der Waals surface area contributed by atoms with Crippen molar-refractivity contribution in [3.8, 4) is 5.75 Å². The van der Waals surface area contributed by atoms with Crippen LogP contribution >= 0.6 is 0 Å². The first-order valence-electron chi connectivity index (χ1n) is 12.0. The molecule has 0 saturated heterocycles. The Balaban J connectivity index is 1.38. The van der Waals surface area contributed by atoms with Gasteiger partial charge in [-0.3, -0.25) is 0 Å². The van der Waals surface area contributed by atoms with Crippen LogP contribution in [0.2, 0.25) is 0 Å². The van der Waals surface area contributed by atoms with E-state index in [9.17, 15) is 0 Å². The van der Waals surface area contributed by atoms with Crippen LogP contribution in [0.3, 0.4) is 0 Å². The highest BCUT2D eigenvalue weighted by molar-refractivity contribution is 5.85. The normalized spacial score (nSPS) is 28.7. The molecule has 0 aromatic heterocycles. The van der Waals surface area contributed by atoms with Crippen molar-refractivity contribution < 1.29 is 9.13 Å². The largest absolute Gasteiger partial charge is 0.497 e. The molecule has 2 aliphatic carbocycles. The molecule has 0 bridgehead atoms. The summed E-state index contributed by atoms with van der Waals surface area (Å²) in [5.41, 5.74) is 0.922. The van der Waals surface area contributed by atoms with Crippen LogP contribution < -0.4 is 4.74 Å². The van der Waals surface area contributed by atoms with Gasteiger partial charge in [-0.2, -0.15) is 0 Å². The van der Waals surface area contributed by atoms with Gasteiger partial charge in [-0.05, 0) is 117 Å². The van der Waals surface area contributed by atoms with Crippen LogP contribution in [0.5, 0.6) is 5.75 Å². The number of hydrogen-bond acceptors (Lipinski definition) is 1. The molecule has 1 atom stereocenters. The van der Waals surface area contributed by atoms with Crippen molar-refractivity contribution in [2.45, 2.75) is 71.1 Å². The third-order valence-electron chi connectivity index (χ3n) is 8.17. The minimum Gasteiger partial charge on any atom is -0.497 e. The van der Waals surface area contributed by atoms with Crippen LogP contribution in [0.4, 0.5) is 4.39 Å². The van der Waals surface area contributed by atoms with Crippen LogP contribution in [0.1, 0.15) is 76.7 Å². The van der Waals surface area contributed by atoms with E-state index in [1.165, 1.54) is 38.5 Å². The van der Waals surface area contributed by atoms with Gasteiger partial charge in [0.05, 0.1) is 7.11 Å². The van der Waals surface area contributed by atoms with Gasteiger partial charge in [0.15, 0.2) is 0 Å². The molecular formula is C28H37FO. The van der Waals surface area contributed by atoms with Crippen molar-refractivity contribution in [3.05, 3.63) is 53.9 Å². The molecule has 162 valence electrons. The zero-order chi connectivity index (χ0) is 21.1. The Morgan fingerprint density at radius 1 is 0.933 bits per heavy atom. The van der Waals surface area contributed by atoms with Crippen LogP contribution in [0.25, 0.3) is 10.8 Å². The summed E-state index contributed by atoms with van der Waals surface area (Å²) >= 11 is 0. The van der Waals surface area contributed by atoms with E-state index in [0.717, 1.165) is 58.6 Å². The molecule has 2 aromatic carbocycles. The average Bonchev–Trinajstić information content (AvgIpc) is 2.79. The Morgan fingerprint density at radius 3 is 2.23 bits per heavy atom. The van der Waals surface area contributed by atoms with Gasteiger partial charge < -0.3 is 4.74 Å². The van der Waals surface area contributed by atoms with E-state index in [0.29, 0.717) is 5.92 Å². The second-order valence-corrected chi connectivity index (χ2v) is 9.73. The van der Waals surface area contributed by atoms with E-state index in [4.69, 9.17) is 4.74 Å². The lowest BCUT2D eigenvalue weighted by atomic mass is 9.67. The maximum Gasteiger partial charge on any atom is 0.134 e. The Hall–Kier alpha value is -1.83. The molecule has 4 rings (SSSR count). The standard InChI is InChI=1S/C28H37FO/c1-4-5-20-6-8-21(9-7-20)19(2)22-10-12-23(13-11-22)26-16-14-24-18-25(30-3)15-17-27(24)28(26)29/h4-5,14-23H,6-13H2,1-3H3/b5-4+. The fourth-order valence-electron chi connectivity index (χ4n) is 6.21. The smallest absolute Gasteiger partial charge is 0.134 e. The molecule has 0 aliphatic heterocycles. The molecule has 0 N–H and O–H groups in total. The van der Waals surface area contributed by atoms with Crippen LogP contribution in [-0.2, 0) is 0 Å². The number of ether oxygens (including phenoxy) is 1. The lowest BCUT2D eigenvalue weighted by Crippen LogP contribution is -2.28. The van der Waals surface area contributed by atoms with Crippen molar-refractivity contribution in [2.75, 3.05) is 7.11 Å². The SMILES string of the molecule is C/C=C/C1CCC(C(C)C2CCC(c3ccc4cc(OC)ccc4c3F)CC2)CC1. The topological polar surface area (TPSA) is 9.23 Å². The first kappa shape index (κ1) is 21.4. The summed E-state index contributed by atoms with van der Waals surface area (Å²) < 4.78 is 20.6. The zero-order valence-corrected chi connectivity index (χ0v) is 18.9. The molecule has 2 saturated carbocycles. The minimum absolute atomic E-state index is 0.0195. The molecule has 2 aliphatic rings. The summed E-state index contributed by atoms with van der Waals surface area (Å²) in [6, 6.07) is 9.73. The summed E-state index contributed by atoms with van der Waals surface area (Å²) in [4.78, 5) is 0. The number of hydrogen-bond donors (Lipinski definition) is 0. The van der Waals surface area contributed by atoms with Crippen molar-refractivity contribution in [1.82, 2.24) is 0 Å². The van der Waals surface area contributed by atoms with E-state index >= 15 is 4.39 Å². The maximum atomic E-state index is 15.3. The Bertz CT molecular complexity index is 870. The predicted octanol–water partition coefficient (Wildman–Crippen LogP) is 8.28. The van der Waals surface area contributed by atoms with Crippen molar-refractivity contribution in [2.24, 2.45) is 23.7 Å². The molecule has 1 unspecified atom stereocenters. The van der Waals surface area contributed by atoms with E-state index in [1.807, 2.05) is 24.3 Å². The summed E-state index contributed by atoms with van der Waals surface area (Å²) in [5.74, 6) is 4.46. The number of benzene rings is 2. The Labute approximate surface area is 181 Å². The lowest BCUT2D eigenvalue weighted by molar-refractivity contribution is 0.142. The third-order valence-corrected chi connectivity index (χ3v) is 8.17. The first-order chi connectivity index (χ1) is 14.6. The van der Waals surface area contributed by atoms with Crippen LogP contribution in [-0.4, -0.2) is 7.11 Å². The van der Waals surface area contributed by atoms with Gasteiger partial charge in [0.25, 0.3) is 0 Å². The Kier molecular flexibility index (Phi) is 6.80. The summed E-state index contributed by atoms with van der Waals surface area (Å²) in [6.07, 6.45) is 14.9. The lowest BCUT2D eigenvalue weighted by Gasteiger charge is -2.39. The average molecular weight is 409 g/mol. The third kappa shape index (κ3) is 4.43. The maximum absolute atomic E-state index is 15.3. The van der Waals surface area contributed by atoms with Gasteiger partial charge >= 0.3 is 0 Å².